The van der Waals surface area contributed by atoms with Crippen LogP contribution in [0.25, 0.3) is 0 Å². The first kappa shape index (κ1) is 8.77. The summed E-state index contributed by atoms with van der Waals surface area (Å²) in [6, 6.07) is 0. The number of carbonyl (C=O) groups excluding carboxylic acids is 1. The minimum absolute atomic E-state index is 0.342. The van der Waals surface area contributed by atoms with Crippen LogP contribution in [0.2, 0.25) is 0 Å². The zero-order valence-corrected chi connectivity index (χ0v) is 5.07. The van der Waals surface area contributed by atoms with Gasteiger partial charge in [-0.1, -0.05) is 0 Å². The molecule has 56 valence electrons. The number of aliphatic hydroxyl groups excluding tert-OH is 1. The number of hydrogen-bond donors (Lipinski definition) is 3. The minimum Gasteiger partial charge on any atom is -0.477 e. The number of rotatable bonds is 4. The molecule has 1 atom stereocenters. The molecule has 0 aliphatic heterocycles. The molecule has 0 saturated heterocycles. The van der Waals surface area contributed by atoms with Crippen molar-refractivity contribution in [2.75, 3.05) is 0 Å². The molecule has 0 aromatic heterocycles. The van der Waals surface area contributed by atoms with E-state index in [9.17, 15) is 9.59 Å². The van der Waals surface area contributed by atoms with Crippen molar-refractivity contribution >= 4 is 18.0 Å². The zero-order valence-electron chi connectivity index (χ0n) is 5.07. The predicted molar refractivity (Wildman–Crippen MR) is 32.1 cm³/mol. The first-order chi connectivity index (χ1) is 4.59. The molecular formula is C5H7NO4. The van der Waals surface area contributed by atoms with Crippen LogP contribution in [0.4, 0.5) is 0 Å². The SMILES string of the molecule is N=C(C(=O)O)C(O)CC=O. The van der Waals surface area contributed by atoms with Gasteiger partial charge in [0.05, 0.1) is 0 Å². The van der Waals surface area contributed by atoms with Crippen molar-refractivity contribution in [3.8, 4) is 0 Å². The smallest absolute Gasteiger partial charge is 0.352 e. The van der Waals surface area contributed by atoms with Crippen molar-refractivity contribution in [3.05, 3.63) is 0 Å². The second-order valence-corrected chi connectivity index (χ2v) is 1.64. The summed E-state index contributed by atoms with van der Waals surface area (Å²) in [7, 11) is 0. The molecule has 1 unspecified atom stereocenters. The van der Waals surface area contributed by atoms with Crippen LogP contribution in [0.15, 0.2) is 0 Å². The number of carbonyl (C=O) groups is 2. The van der Waals surface area contributed by atoms with E-state index in [1.54, 1.807) is 0 Å². The highest BCUT2D eigenvalue weighted by Crippen LogP contribution is 1.90. The van der Waals surface area contributed by atoms with Crippen molar-refractivity contribution in [1.29, 1.82) is 5.41 Å². The van der Waals surface area contributed by atoms with E-state index < -0.39 is 17.8 Å². The Morgan fingerprint density at radius 2 is 2.20 bits per heavy atom. The second-order valence-electron chi connectivity index (χ2n) is 1.64. The highest BCUT2D eigenvalue weighted by atomic mass is 16.4. The predicted octanol–water partition coefficient (Wildman–Crippen LogP) is -0.959. The summed E-state index contributed by atoms with van der Waals surface area (Å²) in [5, 5.41) is 23.4. The van der Waals surface area contributed by atoms with Gasteiger partial charge in [0.15, 0.2) is 0 Å². The molecule has 0 saturated carbocycles. The molecule has 0 amide bonds. The topological polar surface area (TPSA) is 98.5 Å². The van der Waals surface area contributed by atoms with Gasteiger partial charge in [-0.05, 0) is 0 Å². The quantitative estimate of drug-likeness (QED) is 0.350. The van der Waals surface area contributed by atoms with Crippen LogP contribution in [0, 0.1) is 5.41 Å². The third-order valence-electron chi connectivity index (χ3n) is 0.883. The molecule has 0 heterocycles. The average Bonchev–Trinajstić information content (AvgIpc) is 1.87. The Balaban J connectivity index is 3.94. The van der Waals surface area contributed by atoms with Crippen LogP contribution in [0.1, 0.15) is 6.42 Å². The molecule has 0 bridgehead atoms. The molecular weight excluding hydrogens is 138 g/mol. The second kappa shape index (κ2) is 3.73. The minimum atomic E-state index is -1.51. The Labute approximate surface area is 56.8 Å². The lowest BCUT2D eigenvalue weighted by Crippen LogP contribution is -2.27. The summed E-state index contributed by atoms with van der Waals surface area (Å²) in [5.74, 6) is -1.51. The molecule has 0 rings (SSSR count). The number of aldehydes is 1. The lowest BCUT2D eigenvalue weighted by atomic mass is 10.2. The van der Waals surface area contributed by atoms with E-state index in [2.05, 4.69) is 0 Å². The molecule has 0 spiro atoms. The van der Waals surface area contributed by atoms with Crippen molar-refractivity contribution in [2.45, 2.75) is 12.5 Å². The first-order valence-corrected chi connectivity index (χ1v) is 2.53. The number of aliphatic hydroxyl groups is 1. The maximum Gasteiger partial charge on any atom is 0.352 e. The van der Waals surface area contributed by atoms with Gasteiger partial charge in [-0.15, -0.1) is 0 Å². The standard InChI is InChI=1S/C5H7NO4/c6-4(5(9)10)3(8)1-2-7/h2-3,6,8H,1H2,(H,9,10). The van der Waals surface area contributed by atoms with Crippen molar-refractivity contribution in [1.82, 2.24) is 0 Å². The molecule has 3 N–H and O–H groups in total. The number of carboxylic acids is 1. The van der Waals surface area contributed by atoms with E-state index >= 15 is 0 Å². The number of nitrogens with one attached hydrogen (secondary N) is 1. The van der Waals surface area contributed by atoms with Gasteiger partial charge in [-0.3, -0.25) is 5.41 Å². The first-order valence-electron chi connectivity index (χ1n) is 2.53. The Morgan fingerprint density at radius 3 is 2.50 bits per heavy atom. The summed E-state index contributed by atoms with van der Waals surface area (Å²) >= 11 is 0. The summed E-state index contributed by atoms with van der Waals surface area (Å²) in [6.07, 6.45) is -1.46. The number of hydrogen-bond acceptors (Lipinski definition) is 4. The largest absolute Gasteiger partial charge is 0.477 e. The fourth-order valence-corrected chi connectivity index (χ4v) is 0.352. The average molecular weight is 145 g/mol. The van der Waals surface area contributed by atoms with E-state index in [0.717, 1.165) is 0 Å². The highest BCUT2D eigenvalue weighted by Gasteiger charge is 2.16. The normalized spacial score (nSPS) is 12.1. The van der Waals surface area contributed by atoms with Gasteiger partial charge in [0.2, 0.25) is 0 Å². The maximum absolute atomic E-state index is 9.92. The van der Waals surface area contributed by atoms with E-state index in [0.29, 0.717) is 6.29 Å². The lowest BCUT2D eigenvalue weighted by molar-refractivity contribution is -0.130. The molecule has 0 aliphatic rings. The van der Waals surface area contributed by atoms with E-state index in [-0.39, 0.29) is 6.42 Å². The van der Waals surface area contributed by atoms with Crippen LogP contribution < -0.4 is 0 Å². The molecule has 5 nitrogen and oxygen atoms in total. The third-order valence-corrected chi connectivity index (χ3v) is 0.883. The van der Waals surface area contributed by atoms with Crippen molar-refractivity contribution in [3.63, 3.8) is 0 Å². The van der Waals surface area contributed by atoms with Crippen LogP contribution >= 0.6 is 0 Å². The Bertz CT molecular complexity index is 165. The monoisotopic (exact) mass is 145 g/mol. The zero-order chi connectivity index (χ0) is 8.15. The van der Waals surface area contributed by atoms with Gasteiger partial charge in [0, 0.05) is 6.42 Å². The van der Waals surface area contributed by atoms with Crippen LogP contribution in [-0.4, -0.2) is 34.3 Å². The Hall–Kier alpha value is -1.23. The number of aliphatic carboxylic acids is 1. The molecule has 0 aromatic rings. The van der Waals surface area contributed by atoms with Gasteiger partial charge in [0.25, 0.3) is 0 Å². The lowest BCUT2D eigenvalue weighted by Gasteiger charge is -2.02. The summed E-state index contributed by atoms with van der Waals surface area (Å²) < 4.78 is 0. The molecule has 0 fully saturated rings. The van der Waals surface area contributed by atoms with Crippen molar-refractivity contribution < 1.29 is 19.8 Å². The van der Waals surface area contributed by atoms with E-state index in [1.165, 1.54) is 0 Å². The number of carboxylic acid groups (broad SMARTS) is 1. The van der Waals surface area contributed by atoms with E-state index in [4.69, 9.17) is 15.6 Å². The fraction of sp³-hybridized carbons (Fsp3) is 0.400. The Kier molecular flexibility index (Phi) is 3.27. The van der Waals surface area contributed by atoms with Crippen LogP contribution in [-0.2, 0) is 9.59 Å². The van der Waals surface area contributed by atoms with Gasteiger partial charge in [-0.2, -0.15) is 0 Å². The summed E-state index contributed by atoms with van der Waals surface area (Å²) in [6.45, 7) is 0. The van der Waals surface area contributed by atoms with Gasteiger partial charge in [0.1, 0.15) is 18.1 Å². The maximum atomic E-state index is 9.92. The summed E-state index contributed by atoms with van der Waals surface area (Å²) in [4.78, 5) is 19.6. The molecule has 0 aromatic carbocycles. The van der Waals surface area contributed by atoms with Gasteiger partial charge in [-0.25, -0.2) is 4.79 Å². The molecule has 0 radical (unpaired) electrons. The summed E-state index contributed by atoms with van der Waals surface area (Å²) in [5.41, 5.74) is -0.855. The third kappa shape index (κ3) is 2.36. The highest BCUT2D eigenvalue weighted by molar-refractivity contribution is 6.36. The van der Waals surface area contributed by atoms with Crippen LogP contribution in [0.3, 0.4) is 0 Å². The molecule has 5 heteroatoms. The van der Waals surface area contributed by atoms with Crippen molar-refractivity contribution in [2.24, 2.45) is 0 Å². The van der Waals surface area contributed by atoms with Crippen LogP contribution in [0.5, 0.6) is 0 Å². The van der Waals surface area contributed by atoms with E-state index in [1.807, 2.05) is 0 Å². The Morgan fingerprint density at radius 1 is 1.70 bits per heavy atom. The molecule has 0 aliphatic carbocycles. The molecule has 10 heavy (non-hydrogen) atoms. The van der Waals surface area contributed by atoms with Gasteiger partial charge < -0.3 is 15.0 Å². The van der Waals surface area contributed by atoms with Gasteiger partial charge >= 0.3 is 5.97 Å². The fourth-order valence-electron chi connectivity index (χ4n) is 0.352.